The van der Waals surface area contributed by atoms with E-state index in [0.717, 1.165) is 5.56 Å². The van der Waals surface area contributed by atoms with Gasteiger partial charge in [-0.3, -0.25) is 13.9 Å². The maximum Gasteiger partial charge on any atom is 0.328 e. The molecule has 0 spiro atoms. The van der Waals surface area contributed by atoms with Crippen LogP contribution in [0, 0.1) is 6.92 Å². The quantitative estimate of drug-likeness (QED) is 0.480. The largest absolute Gasteiger partial charge is 0.455 e. The van der Waals surface area contributed by atoms with Crippen LogP contribution in [-0.2, 0) is 24.1 Å². The SMILES string of the molecule is Cc1ccc(S(=O)(=O)Nc2cc3c(cc2Oc2ccccc2)n(C)c(=O)n3C)cc1Cl. The van der Waals surface area contributed by atoms with Gasteiger partial charge in [0.05, 0.1) is 21.6 Å². The van der Waals surface area contributed by atoms with Gasteiger partial charge in [0.15, 0.2) is 5.75 Å². The number of nitrogens with zero attached hydrogens (tertiary/aromatic N) is 2. The van der Waals surface area contributed by atoms with E-state index in [4.69, 9.17) is 16.3 Å². The van der Waals surface area contributed by atoms with Crippen molar-refractivity contribution in [2.45, 2.75) is 11.8 Å². The van der Waals surface area contributed by atoms with Gasteiger partial charge in [0.2, 0.25) is 0 Å². The summed E-state index contributed by atoms with van der Waals surface area (Å²) in [6.07, 6.45) is 0. The monoisotopic (exact) mass is 457 g/mol. The maximum absolute atomic E-state index is 13.1. The Kier molecular flexibility index (Phi) is 5.28. The molecule has 0 amide bonds. The van der Waals surface area contributed by atoms with Crippen molar-refractivity contribution in [3.63, 3.8) is 0 Å². The summed E-state index contributed by atoms with van der Waals surface area (Å²) in [6, 6.07) is 16.7. The van der Waals surface area contributed by atoms with Gasteiger partial charge < -0.3 is 4.74 Å². The summed E-state index contributed by atoms with van der Waals surface area (Å²) in [4.78, 5) is 12.4. The van der Waals surface area contributed by atoms with E-state index in [9.17, 15) is 13.2 Å². The number of hydrogen-bond donors (Lipinski definition) is 1. The number of anilines is 1. The first-order valence-electron chi connectivity index (χ1n) is 9.39. The summed E-state index contributed by atoms with van der Waals surface area (Å²) >= 11 is 6.12. The maximum atomic E-state index is 13.1. The first kappa shape index (κ1) is 21.0. The van der Waals surface area contributed by atoms with Crippen LogP contribution in [0.4, 0.5) is 5.69 Å². The van der Waals surface area contributed by atoms with E-state index in [1.807, 2.05) is 18.2 Å². The second kappa shape index (κ2) is 7.79. The molecule has 4 rings (SSSR count). The number of para-hydroxylation sites is 1. The Morgan fingerprint density at radius 3 is 2.23 bits per heavy atom. The molecule has 3 aromatic carbocycles. The molecule has 0 unspecified atom stereocenters. The van der Waals surface area contributed by atoms with Gasteiger partial charge in [-0.2, -0.15) is 0 Å². The lowest BCUT2D eigenvalue weighted by molar-refractivity contribution is 0.485. The van der Waals surface area contributed by atoms with Crippen molar-refractivity contribution in [1.29, 1.82) is 0 Å². The first-order chi connectivity index (χ1) is 14.7. The Balaban J connectivity index is 1.86. The molecule has 0 aliphatic heterocycles. The normalized spacial score (nSPS) is 11.6. The number of aryl methyl sites for hydroxylation is 3. The van der Waals surface area contributed by atoms with Crippen LogP contribution in [0.2, 0.25) is 5.02 Å². The highest BCUT2D eigenvalue weighted by Crippen LogP contribution is 2.35. The van der Waals surface area contributed by atoms with Crippen molar-refractivity contribution in [2.24, 2.45) is 14.1 Å². The van der Waals surface area contributed by atoms with Crippen LogP contribution in [0.15, 0.2) is 70.4 Å². The second-order valence-electron chi connectivity index (χ2n) is 7.17. The third-order valence-electron chi connectivity index (χ3n) is 5.04. The highest BCUT2D eigenvalue weighted by Gasteiger charge is 2.21. The number of aromatic nitrogens is 2. The summed E-state index contributed by atoms with van der Waals surface area (Å²) in [5, 5.41) is 0.351. The number of benzene rings is 3. The number of hydrogen-bond acceptors (Lipinski definition) is 4. The predicted molar refractivity (Wildman–Crippen MR) is 122 cm³/mol. The molecule has 1 N–H and O–H groups in total. The fraction of sp³-hybridized carbons (Fsp3) is 0.136. The molecule has 0 fully saturated rings. The molecule has 0 saturated carbocycles. The lowest BCUT2D eigenvalue weighted by atomic mass is 10.2. The number of rotatable bonds is 5. The molecule has 0 atom stereocenters. The van der Waals surface area contributed by atoms with Crippen molar-refractivity contribution in [1.82, 2.24) is 9.13 Å². The van der Waals surface area contributed by atoms with Crippen LogP contribution in [0.5, 0.6) is 11.5 Å². The van der Waals surface area contributed by atoms with E-state index >= 15 is 0 Å². The van der Waals surface area contributed by atoms with Crippen molar-refractivity contribution in [3.8, 4) is 11.5 Å². The lowest BCUT2D eigenvalue weighted by Gasteiger charge is -2.15. The van der Waals surface area contributed by atoms with E-state index in [-0.39, 0.29) is 22.0 Å². The lowest BCUT2D eigenvalue weighted by Crippen LogP contribution is -2.19. The van der Waals surface area contributed by atoms with E-state index in [0.29, 0.717) is 21.8 Å². The number of imidazole rings is 1. The fourth-order valence-corrected chi connectivity index (χ4v) is 4.58. The summed E-state index contributed by atoms with van der Waals surface area (Å²) < 4.78 is 37.6. The minimum absolute atomic E-state index is 0.0239. The number of nitrogens with one attached hydrogen (secondary N) is 1. The number of halogens is 1. The van der Waals surface area contributed by atoms with Gasteiger partial charge in [-0.15, -0.1) is 0 Å². The van der Waals surface area contributed by atoms with Gasteiger partial charge in [0.25, 0.3) is 10.0 Å². The smallest absolute Gasteiger partial charge is 0.328 e. The Labute approximate surface area is 184 Å². The zero-order valence-corrected chi connectivity index (χ0v) is 18.7. The highest BCUT2D eigenvalue weighted by molar-refractivity contribution is 7.92. The zero-order valence-electron chi connectivity index (χ0n) is 17.1. The Bertz CT molecular complexity index is 1460. The van der Waals surface area contributed by atoms with Gasteiger partial charge in [0.1, 0.15) is 5.75 Å². The number of ether oxygens (including phenoxy) is 1. The second-order valence-corrected chi connectivity index (χ2v) is 9.26. The molecule has 9 heteroatoms. The van der Waals surface area contributed by atoms with Crippen molar-refractivity contribution in [3.05, 3.63) is 81.7 Å². The Morgan fingerprint density at radius 1 is 0.935 bits per heavy atom. The van der Waals surface area contributed by atoms with Gasteiger partial charge in [-0.05, 0) is 42.8 Å². The molecule has 0 bridgehead atoms. The summed E-state index contributed by atoms with van der Waals surface area (Å²) in [7, 11) is -0.687. The van der Waals surface area contributed by atoms with Crippen molar-refractivity contribution < 1.29 is 13.2 Å². The van der Waals surface area contributed by atoms with Crippen molar-refractivity contribution >= 4 is 38.3 Å². The van der Waals surface area contributed by atoms with Gasteiger partial charge in [-0.1, -0.05) is 35.9 Å². The minimum Gasteiger partial charge on any atom is -0.455 e. The van der Waals surface area contributed by atoms with Crippen LogP contribution < -0.4 is 15.1 Å². The molecular weight excluding hydrogens is 438 g/mol. The summed E-state index contributed by atoms with van der Waals surface area (Å²) in [6.45, 7) is 1.79. The van der Waals surface area contributed by atoms with E-state index < -0.39 is 10.0 Å². The molecular formula is C22H20ClN3O4S. The zero-order chi connectivity index (χ0) is 22.3. The fourth-order valence-electron chi connectivity index (χ4n) is 3.25. The third-order valence-corrected chi connectivity index (χ3v) is 6.81. The highest BCUT2D eigenvalue weighted by atomic mass is 35.5. The van der Waals surface area contributed by atoms with Gasteiger partial charge >= 0.3 is 5.69 Å². The van der Waals surface area contributed by atoms with E-state index in [2.05, 4.69) is 4.72 Å². The summed E-state index contributed by atoms with van der Waals surface area (Å²) in [5.41, 5.74) is 1.92. The van der Waals surface area contributed by atoms with Crippen LogP contribution >= 0.6 is 11.6 Å². The number of fused-ring (bicyclic) bond motifs is 1. The van der Waals surface area contributed by atoms with E-state index in [1.54, 1.807) is 51.4 Å². The molecule has 1 heterocycles. The molecule has 0 aliphatic carbocycles. The molecule has 0 saturated heterocycles. The Hall–Kier alpha value is -3.23. The van der Waals surface area contributed by atoms with Gasteiger partial charge in [0, 0.05) is 25.2 Å². The van der Waals surface area contributed by atoms with E-state index in [1.165, 1.54) is 21.3 Å². The average molecular weight is 458 g/mol. The van der Waals surface area contributed by atoms with Gasteiger partial charge in [-0.25, -0.2) is 13.2 Å². The molecule has 160 valence electrons. The van der Waals surface area contributed by atoms with Crippen molar-refractivity contribution in [2.75, 3.05) is 4.72 Å². The predicted octanol–water partition coefficient (Wildman–Crippen LogP) is 4.43. The minimum atomic E-state index is -3.96. The number of sulfonamides is 1. The molecule has 1 aromatic heterocycles. The average Bonchev–Trinajstić information content (AvgIpc) is 2.94. The molecule has 31 heavy (non-hydrogen) atoms. The van der Waals surface area contributed by atoms with Crippen LogP contribution in [0.3, 0.4) is 0 Å². The van der Waals surface area contributed by atoms with Crippen LogP contribution in [-0.4, -0.2) is 17.6 Å². The first-order valence-corrected chi connectivity index (χ1v) is 11.2. The topological polar surface area (TPSA) is 82.3 Å². The van der Waals surface area contributed by atoms with Crippen LogP contribution in [0.25, 0.3) is 11.0 Å². The molecule has 0 aliphatic rings. The third kappa shape index (κ3) is 3.92. The van der Waals surface area contributed by atoms with Crippen LogP contribution in [0.1, 0.15) is 5.56 Å². The standard InChI is InChI=1S/C22H20ClN3O4S/c1-14-9-10-16(11-17(14)23)31(28,29)24-18-12-19-20(26(3)22(27)25(19)2)13-21(18)30-15-7-5-4-6-8-15/h4-13,24H,1-3H3. The molecule has 7 nitrogen and oxygen atoms in total. The molecule has 4 aromatic rings. The Morgan fingerprint density at radius 2 is 1.58 bits per heavy atom. The molecule has 0 radical (unpaired) electrons. The summed E-state index contributed by atoms with van der Waals surface area (Å²) in [5.74, 6) is 0.795.